The molecule has 6 nitrogen and oxygen atoms in total. The van der Waals surface area contributed by atoms with Crippen molar-refractivity contribution in [3.8, 4) is 11.4 Å². The molecule has 1 aliphatic heterocycles. The van der Waals surface area contributed by atoms with Crippen molar-refractivity contribution in [2.24, 2.45) is 0 Å². The number of fused-ring (bicyclic) bond motifs is 1. The minimum atomic E-state index is -0.315. The van der Waals surface area contributed by atoms with Gasteiger partial charge in [0.25, 0.3) is 0 Å². The van der Waals surface area contributed by atoms with E-state index in [0.29, 0.717) is 12.2 Å². The van der Waals surface area contributed by atoms with Gasteiger partial charge in [0.15, 0.2) is 0 Å². The van der Waals surface area contributed by atoms with Gasteiger partial charge in [-0.2, -0.15) is 0 Å². The number of piperazine rings is 1. The highest BCUT2D eigenvalue weighted by Crippen LogP contribution is 2.27. The van der Waals surface area contributed by atoms with Crippen LogP contribution < -0.4 is 0 Å². The second kappa shape index (κ2) is 8.12. The smallest absolute Gasteiger partial charge is 0.340 e. The predicted molar refractivity (Wildman–Crippen MR) is 109 cm³/mol. The Morgan fingerprint density at radius 1 is 1.14 bits per heavy atom. The maximum atomic E-state index is 12.5. The molecule has 4 heterocycles. The summed E-state index contributed by atoms with van der Waals surface area (Å²) in [5, 5.41) is 0. The minimum Gasteiger partial charge on any atom is -0.462 e. The summed E-state index contributed by atoms with van der Waals surface area (Å²) < 4.78 is 7.26. The molecule has 1 fully saturated rings. The number of esters is 1. The van der Waals surface area contributed by atoms with Crippen molar-refractivity contribution in [3.63, 3.8) is 0 Å². The molecule has 1 saturated heterocycles. The summed E-state index contributed by atoms with van der Waals surface area (Å²) in [5.74, 6) is -0.315. The van der Waals surface area contributed by atoms with Crippen LogP contribution in [0.15, 0.2) is 48.8 Å². The van der Waals surface area contributed by atoms with Crippen molar-refractivity contribution in [1.82, 2.24) is 19.2 Å². The lowest BCUT2D eigenvalue weighted by Gasteiger charge is -2.32. The van der Waals surface area contributed by atoms with Gasteiger partial charge >= 0.3 is 5.97 Å². The van der Waals surface area contributed by atoms with Gasteiger partial charge in [0.1, 0.15) is 0 Å². The molecule has 0 spiro atoms. The van der Waals surface area contributed by atoms with Gasteiger partial charge in [-0.15, -0.1) is 0 Å². The molecule has 0 atom stereocenters. The minimum absolute atomic E-state index is 0.315. The topological polar surface area (TPSA) is 50.1 Å². The van der Waals surface area contributed by atoms with Gasteiger partial charge in [-0.1, -0.05) is 12.1 Å². The van der Waals surface area contributed by atoms with Gasteiger partial charge in [0.2, 0.25) is 0 Å². The van der Waals surface area contributed by atoms with E-state index in [0.717, 1.165) is 49.6 Å². The maximum absolute atomic E-state index is 12.5. The van der Waals surface area contributed by atoms with Crippen LogP contribution in [0.2, 0.25) is 0 Å². The zero-order valence-corrected chi connectivity index (χ0v) is 16.5. The number of rotatable bonds is 5. The molecule has 0 aliphatic carbocycles. The molecular formula is C22H26N4O2. The Balaban J connectivity index is 1.62. The highest BCUT2D eigenvalue weighted by Gasteiger charge is 2.20. The largest absolute Gasteiger partial charge is 0.462 e. The maximum Gasteiger partial charge on any atom is 0.340 e. The fourth-order valence-corrected chi connectivity index (χ4v) is 3.67. The van der Waals surface area contributed by atoms with Crippen molar-refractivity contribution in [2.75, 3.05) is 39.8 Å². The Morgan fingerprint density at radius 2 is 1.96 bits per heavy atom. The molecule has 0 saturated carbocycles. The van der Waals surface area contributed by atoms with E-state index < -0.39 is 0 Å². The van der Waals surface area contributed by atoms with Crippen LogP contribution in [0.4, 0.5) is 0 Å². The zero-order valence-electron chi connectivity index (χ0n) is 16.5. The summed E-state index contributed by atoms with van der Waals surface area (Å²) in [5.41, 5.74) is 4.24. The first-order chi connectivity index (χ1) is 13.7. The van der Waals surface area contributed by atoms with E-state index >= 15 is 0 Å². The number of carbonyl (C=O) groups excluding carboxylic acids is 1. The summed E-state index contributed by atoms with van der Waals surface area (Å²) in [4.78, 5) is 22.0. The second-order valence-corrected chi connectivity index (χ2v) is 7.25. The van der Waals surface area contributed by atoms with Crippen LogP contribution in [-0.4, -0.2) is 65.0 Å². The first kappa shape index (κ1) is 18.7. The van der Waals surface area contributed by atoms with E-state index in [4.69, 9.17) is 4.74 Å². The van der Waals surface area contributed by atoms with E-state index in [1.54, 1.807) is 0 Å². The van der Waals surface area contributed by atoms with E-state index in [1.807, 2.05) is 54.0 Å². The van der Waals surface area contributed by atoms with Crippen molar-refractivity contribution >= 4 is 11.5 Å². The van der Waals surface area contributed by atoms with Gasteiger partial charge in [0, 0.05) is 50.6 Å². The van der Waals surface area contributed by atoms with E-state index in [9.17, 15) is 4.79 Å². The highest BCUT2D eigenvalue weighted by molar-refractivity contribution is 5.98. The fourth-order valence-electron chi connectivity index (χ4n) is 3.67. The molecule has 3 aromatic rings. The molecule has 0 aromatic carbocycles. The Labute approximate surface area is 165 Å². The van der Waals surface area contributed by atoms with Crippen LogP contribution in [0.25, 0.3) is 16.9 Å². The molecular weight excluding hydrogens is 352 g/mol. The number of aromatic nitrogens is 2. The van der Waals surface area contributed by atoms with Crippen LogP contribution in [-0.2, 0) is 11.3 Å². The Bertz CT molecular complexity index is 956. The number of hydrogen-bond donors (Lipinski definition) is 0. The van der Waals surface area contributed by atoms with E-state index in [2.05, 4.69) is 27.9 Å². The number of nitrogens with zero attached hydrogens (tertiary/aromatic N) is 4. The first-order valence-electron chi connectivity index (χ1n) is 9.79. The van der Waals surface area contributed by atoms with Crippen LogP contribution >= 0.6 is 0 Å². The molecule has 4 rings (SSSR count). The Hall–Kier alpha value is -2.70. The molecule has 0 amide bonds. The van der Waals surface area contributed by atoms with Crippen molar-refractivity contribution < 1.29 is 9.53 Å². The summed E-state index contributed by atoms with van der Waals surface area (Å²) in [6, 6.07) is 11.9. The van der Waals surface area contributed by atoms with Crippen molar-refractivity contribution in [3.05, 3.63) is 59.9 Å². The lowest BCUT2D eigenvalue weighted by atomic mass is 10.1. The van der Waals surface area contributed by atoms with Crippen LogP contribution in [0.3, 0.4) is 0 Å². The van der Waals surface area contributed by atoms with E-state index in [1.165, 1.54) is 5.56 Å². The van der Waals surface area contributed by atoms with Crippen LogP contribution in [0.1, 0.15) is 22.8 Å². The molecule has 6 heteroatoms. The summed E-state index contributed by atoms with van der Waals surface area (Å²) in [7, 11) is 2.16. The quantitative estimate of drug-likeness (QED) is 0.639. The second-order valence-electron chi connectivity index (χ2n) is 7.25. The Kier molecular flexibility index (Phi) is 5.41. The summed E-state index contributed by atoms with van der Waals surface area (Å²) in [6.07, 6.45) is 3.87. The zero-order chi connectivity index (χ0) is 19.5. The lowest BCUT2D eigenvalue weighted by Crippen LogP contribution is -2.43. The molecule has 28 heavy (non-hydrogen) atoms. The number of hydrogen-bond acceptors (Lipinski definition) is 5. The van der Waals surface area contributed by atoms with E-state index in [-0.39, 0.29) is 5.97 Å². The standard InChI is InChI=1S/C22H26N4O2/c1-3-28-22(27)19-14-18-6-4-5-9-26(18)21(19)20-8-7-17(15-23-20)16-25-12-10-24(2)11-13-25/h4-9,14-15H,3,10-13,16H2,1-2H3. The van der Waals surface area contributed by atoms with Crippen molar-refractivity contribution in [2.45, 2.75) is 13.5 Å². The molecule has 0 N–H and O–H groups in total. The van der Waals surface area contributed by atoms with Crippen molar-refractivity contribution in [1.29, 1.82) is 0 Å². The normalized spacial score (nSPS) is 15.8. The number of ether oxygens (including phenoxy) is 1. The summed E-state index contributed by atoms with van der Waals surface area (Å²) >= 11 is 0. The number of pyridine rings is 2. The predicted octanol–water partition coefficient (Wildman–Crippen LogP) is 2.93. The van der Waals surface area contributed by atoms with Gasteiger partial charge < -0.3 is 14.0 Å². The fraction of sp³-hybridized carbons (Fsp3) is 0.364. The third kappa shape index (κ3) is 3.79. The number of likely N-dealkylation sites (N-methyl/N-ethyl adjacent to an activating group) is 1. The van der Waals surface area contributed by atoms with Gasteiger partial charge in [-0.3, -0.25) is 9.88 Å². The Morgan fingerprint density at radius 3 is 2.68 bits per heavy atom. The highest BCUT2D eigenvalue weighted by atomic mass is 16.5. The lowest BCUT2D eigenvalue weighted by molar-refractivity contribution is 0.0527. The molecule has 1 aliphatic rings. The van der Waals surface area contributed by atoms with Gasteiger partial charge in [-0.25, -0.2) is 4.79 Å². The summed E-state index contributed by atoms with van der Waals surface area (Å²) in [6.45, 7) is 7.43. The van der Waals surface area contributed by atoms with Crippen LogP contribution in [0.5, 0.6) is 0 Å². The third-order valence-electron chi connectivity index (χ3n) is 5.24. The first-order valence-corrected chi connectivity index (χ1v) is 9.79. The molecule has 3 aromatic heterocycles. The third-order valence-corrected chi connectivity index (χ3v) is 5.24. The average Bonchev–Trinajstić information content (AvgIpc) is 3.10. The SMILES string of the molecule is CCOC(=O)c1cc2ccccn2c1-c1ccc(CN2CCN(C)CC2)cn1. The van der Waals surface area contributed by atoms with Crippen LogP contribution in [0, 0.1) is 0 Å². The monoisotopic (exact) mass is 378 g/mol. The number of carbonyl (C=O) groups is 1. The average molecular weight is 378 g/mol. The van der Waals surface area contributed by atoms with Gasteiger partial charge in [-0.05, 0) is 43.8 Å². The van der Waals surface area contributed by atoms with Gasteiger partial charge in [0.05, 0.1) is 23.6 Å². The molecule has 0 bridgehead atoms. The molecule has 0 unspecified atom stereocenters. The molecule has 0 radical (unpaired) electrons. The molecule has 146 valence electrons.